The zero-order valence-corrected chi connectivity index (χ0v) is 10.6. The fraction of sp³-hybridized carbons (Fsp3) is 0.154. The number of nitrogens with zero attached hydrogens (tertiary/aromatic N) is 2. The summed E-state index contributed by atoms with van der Waals surface area (Å²) >= 11 is 5.73. The first-order valence-corrected chi connectivity index (χ1v) is 5.85. The maximum absolute atomic E-state index is 11.9. The third-order valence-corrected chi connectivity index (χ3v) is 2.73. The lowest BCUT2D eigenvalue weighted by molar-refractivity contribution is 0.0950. The van der Waals surface area contributed by atoms with Crippen molar-refractivity contribution in [2.24, 2.45) is 0 Å². The Kier molecular flexibility index (Phi) is 3.89. The number of pyridine rings is 2. The van der Waals surface area contributed by atoms with Crippen molar-refractivity contribution < 1.29 is 4.79 Å². The molecule has 0 atom stereocenters. The van der Waals surface area contributed by atoms with Crippen LogP contribution in [0.4, 0.5) is 0 Å². The van der Waals surface area contributed by atoms with Crippen molar-refractivity contribution in [1.29, 1.82) is 0 Å². The summed E-state index contributed by atoms with van der Waals surface area (Å²) in [5.74, 6) is -0.190. The Labute approximate surface area is 110 Å². The summed E-state index contributed by atoms with van der Waals surface area (Å²) in [7, 11) is 0. The summed E-state index contributed by atoms with van der Waals surface area (Å²) in [5, 5.41) is 3.10. The van der Waals surface area contributed by atoms with Crippen LogP contribution in [-0.2, 0) is 6.54 Å². The van der Waals surface area contributed by atoms with E-state index in [-0.39, 0.29) is 5.91 Å². The highest BCUT2D eigenvalue weighted by molar-refractivity contribution is 6.29. The van der Waals surface area contributed by atoms with Crippen LogP contribution < -0.4 is 5.32 Å². The molecule has 92 valence electrons. The zero-order valence-electron chi connectivity index (χ0n) is 9.85. The molecule has 0 aliphatic rings. The molecule has 2 aromatic rings. The number of aromatic nitrogens is 2. The third-order valence-electron chi connectivity index (χ3n) is 2.52. The molecule has 18 heavy (non-hydrogen) atoms. The van der Waals surface area contributed by atoms with Crippen molar-refractivity contribution in [3.8, 4) is 0 Å². The molecule has 5 heteroatoms. The molecule has 0 saturated heterocycles. The Bertz CT molecular complexity index is 572. The Hall–Kier alpha value is -1.94. The highest BCUT2D eigenvalue weighted by Gasteiger charge is 2.07. The predicted molar refractivity (Wildman–Crippen MR) is 69.4 cm³/mol. The SMILES string of the molecule is Cc1cccnc1CNC(=O)c1ccnc(Cl)c1. The molecular weight excluding hydrogens is 250 g/mol. The summed E-state index contributed by atoms with van der Waals surface area (Å²) in [6.45, 7) is 2.35. The minimum Gasteiger partial charge on any atom is -0.346 e. The van der Waals surface area contributed by atoms with Gasteiger partial charge in [-0.25, -0.2) is 4.98 Å². The van der Waals surface area contributed by atoms with Crippen LogP contribution in [0.3, 0.4) is 0 Å². The van der Waals surface area contributed by atoms with Crippen molar-refractivity contribution in [2.75, 3.05) is 0 Å². The maximum atomic E-state index is 11.9. The first kappa shape index (κ1) is 12.5. The summed E-state index contributed by atoms with van der Waals surface area (Å²) < 4.78 is 0. The topological polar surface area (TPSA) is 54.9 Å². The number of nitrogens with one attached hydrogen (secondary N) is 1. The van der Waals surface area contributed by atoms with E-state index in [1.54, 1.807) is 12.3 Å². The van der Waals surface area contributed by atoms with E-state index in [9.17, 15) is 4.79 Å². The van der Waals surface area contributed by atoms with Crippen LogP contribution >= 0.6 is 11.6 Å². The van der Waals surface area contributed by atoms with Crippen molar-refractivity contribution >= 4 is 17.5 Å². The van der Waals surface area contributed by atoms with Gasteiger partial charge in [-0.05, 0) is 30.7 Å². The molecule has 0 unspecified atom stereocenters. The first-order chi connectivity index (χ1) is 8.66. The normalized spacial score (nSPS) is 10.1. The van der Waals surface area contributed by atoms with E-state index >= 15 is 0 Å². The Balaban J connectivity index is 2.03. The van der Waals surface area contributed by atoms with E-state index in [0.29, 0.717) is 17.3 Å². The van der Waals surface area contributed by atoms with Crippen LogP contribution in [0.25, 0.3) is 0 Å². The average Bonchev–Trinajstić information content (AvgIpc) is 2.37. The predicted octanol–water partition coefficient (Wildman–Crippen LogP) is 2.37. The Morgan fingerprint density at radius 2 is 2.17 bits per heavy atom. The Morgan fingerprint density at radius 1 is 1.33 bits per heavy atom. The quantitative estimate of drug-likeness (QED) is 0.863. The largest absolute Gasteiger partial charge is 0.346 e. The molecule has 2 heterocycles. The summed E-state index contributed by atoms with van der Waals surface area (Å²) in [6.07, 6.45) is 3.21. The van der Waals surface area contributed by atoms with Gasteiger partial charge in [0, 0.05) is 18.0 Å². The smallest absolute Gasteiger partial charge is 0.251 e. The highest BCUT2D eigenvalue weighted by Crippen LogP contribution is 2.07. The highest BCUT2D eigenvalue weighted by atomic mass is 35.5. The van der Waals surface area contributed by atoms with Gasteiger partial charge >= 0.3 is 0 Å². The fourth-order valence-corrected chi connectivity index (χ4v) is 1.69. The lowest BCUT2D eigenvalue weighted by atomic mass is 10.2. The summed E-state index contributed by atoms with van der Waals surface area (Å²) in [6, 6.07) is 6.97. The zero-order chi connectivity index (χ0) is 13.0. The van der Waals surface area contributed by atoms with E-state index in [1.165, 1.54) is 12.3 Å². The number of carbonyl (C=O) groups excluding carboxylic acids is 1. The van der Waals surface area contributed by atoms with Gasteiger partial charge in [0.05, 0.1) is 12.2 Å². The van der Waals surface area contributed by atoms with Crippen molar-refractivity contribution in [3.63, 3.8) is 0 Å². The standard InChI is InChI=1S/C13H12ClN3O/c1-9-3-2-5-15-11(9)8-17-13(18)10-4-6-16-12(14)7-10/h2-7H,8H2,1H3,(H,17,18). The molecule has 0 fully saturated rings. The number of rotatable bonds is 3. The molecule has 1 N–H and O–H groups in total. The molecule has 0 aliphatic heterocycles. The minimum absolute atomic E-state index is 0.190. The van der Waals surface area contributed by atoms with Gasteiger partial charge in [0.15, 0.2) is 0 Å². The number of carbonyl (C=O) groups is 1. The monoisotopic (exact) mass is 261 g/mol. The van der Waals surface area contributed by atoms with Crippen molar-refractivity contribution in [1.82, 2.24) is 15.3 Å². The van der Waals surface area contributed by atoms with Crippen LogP contribution in [0.5, 0.6) is 0 Å². The maximum Gasteiger partial charge on any atom is 0.251 e. The number of halogens is 1. The van der Waals surface area contributed by atoms with Crippen molar-refractivity contribution in [3.05, 3.63) is 58.6 Å². The molecule has 2 aromatic heterocycles. The second kappa shape index (κ2) is 5.60. The number of aryl methyl sites for hydroxylation is 1. The van der Waals surface area contributed by atoms with Gasteiger partial charge in [-0.15, -0.1) is 0 Å². The van der Waals surface area contributed by atoms with Crippen LogP contribution in [0, 0.1) is 6.92 Å². The number of amides is 1. The van der Waals surface area contributed by atoms with Gasteiger partial charge < -0.3 is 5.32 Å². The van der Waals surface area contributed by atoms with E-state index in [4.69, 9.17) is 11.6 Å². The van der Waals surface area contributed by atoms with Gasteiger partial charge in [0.1, 0.15) is 5.15 Å². The minimum atomic E-state index is -0.190. The molecule has 4 nitrogen and oxygen atoms in total. The van der Waals surface area contributed by atoms with E-state index < -0.39 is 0 Å². The lowest BCUT2D eigenvalue weighted by Crippen LogP contribution is -2.23. The number of hydrogen-bond acceptors (Lipinski definition) is 3. The van der Waals surface area contributed by atoms with Crippen LogP contribution in [0.2, 0.25) is 5.15 Å². The van der Waals surface area contributed by atoms with Gasteiger partial charge in [-0.3, -0.25) is 9.78 Å². The lowest BCUT2D eigenvalue weighted by Gasteiger charge is -2.06. The van der Waals surface area contributed by atoms with Crippen molar-refractivity contribution in [2.45, 2.75) is 13.5 Å². The fourth-order valence-electron chi connectivity index (χ4n) is 1.51. The molecule has 0 aliphatic carbocycles. The molecule has 2 rings (SSSR count). The molecule has 0 aromatic carbocycles. The Morgan fingerprint density at radius 3 is 2.89 bits per heavy atom. The van der Waals surface area contributed by atoms with Crippen LogP contribution in [-0.4, -0.2) is 15.9 Å². The molecule has 0 saturated carbocycles. The molecule has 1 amide bonds. The molecule has 0 bridgehead atoms. The molecule has 0 spiro atoms. The van der Waals surface area contributed by atoms with Gasteiger partial charge in [0.2, 0.25) is 0 Å². The van der Waals surface area contributed by atoms with E-state index in [2.05, 4.69) is 15.3 Å². The summed E-state index contributed by atoms with van der Waals surface area (Å²) in [4.78, 5) is 19.9. The van der Waals surface area contributed by atoms with E-state index in [1.807, 2.05) is 19.1 Å². The van der Waals surface area contributed by atoms with E-state index in [0.717, 1.165) is 11.3 Å². The second-order valence-electron chi connectivity index (χ2n) is 3.82. The molecule has 0 radical (unpaired) electrons. The first-order valence-electron chi connectivity index (χ1n) is 5.47. The van der Waals surface area contributed by atoms with Gasteiger partial charge in [-0.1, -0.05) is 17.7 Å². The number of hydrogen-bond donors (Lipinski definition) is 1. The summed E-state index contributed by atoms with van der Waals surface area (Å²) in [5.41, 5.74) is 2.39. The van der Waals surface area contributed by atoms with Crippen LogP contribution in [0.15, 0.2) is 36.7 Å². The average molecular weight is 262 g/mol. The van der Waals surface area contributed by atoms with Gasteiger partial charge in [0.25, 0.3) is 5.91 Å². The van der Waals surface area contributed by atoms with Crippen LogP contribution in [0.1, 0.15) is 21.6 Å². The molecular formula is C13H12ClN3O. The van der Waals surface area contributed by atoms with Gasteiger partial charge in [-0.2, -0.15) is 0 Å². The second-order valence-corrected chi connectivity index (χ2v) is 4.20. The third kappa shape index (κ3) is 3.05.